The van der Waals surface area contributed by atoms with Crippen molar-refractivity contribution in [1.82, 2.24) is 19.7 Å². The number of amides is 1. The molecule has 0 atom stereocenters. The van der Waals surface area contributed by atoms with Crippen LogP contribution in [0.5, 0.6) is 0 Å². The molecule has 1 heterocycles. The van der Waals surface area contributed by atoms with Crippen LogP contribution in [0.2, 0.25) is 0 Å². The fourth-order valence-electron chi connectivity index (χ4n) is 4.63. The van der Waals surface area contributed by atoms with E-state index < -0.39 is 0 Å². The zero-order chi connectivity index (χ0) is 26.8. The molecule has 1 aliphatic rings. The van der Waals surface area contributed by atoms with Gasteiger partial charge < -0.3 is 9.80 Å². The van der Waals surface area contributed by atoms with Gasteiger partial charge in [-0.2, -0.15) is 0 Å². The molecule has 0 spiro atoms. The lowest BCUT2D eigenvalue weighted by atomic mass is 9.88. The Hall–Kier alpha value is -3.32. The van der Waals surface area contributed by atoms with Gasteiger partial charge in [-0.05, 0) is 38.9 Å². The number of ketones is 2. The summed E-state index contributed by atoms with van der Waals surface area (Å²) in [5.74, 6) is -0.619. The summed E-state index contributed by atoms with van der Waals surface area (Å²) in [7, 11) is 1.89. The van der Waals surface area contributed by atoms with Crippen molar-refractivity contribution < 1.29 is 14.4 Å². The van der Waals surface area contributed by atoms with E-state index in [1.54, 1.807) is 30.5 Å². The third kappa shape index (κ3) is 6.92. The number of fused-ring (bicyclic) bond motifs is 1. The fourth-order valence-corrected chi connectivity index (χ4v) is 4.63. The molecule has 2 aromatic rings. The van der Waals surface area contributed by atoms with E-state index >= 15 is 0 Å². The maximum absolute atomic E-state index is 13.9. The molecule has 1 aromatic heterocycles. The predicted octanol–water partition coefficient (Wildman–Crippen LogP) is 4.60. The highest BCUT2D eigenvalue weighted by Gasteiger charge is 2.39. The number of Topliss-reactive ketones (excluding diaryl/α,β-unsaturated/α-hetero) is 2. The molecule has 0 radical (unpaired) electrons. The van der Waals surface area contributed by atoms with Crippen LogP contribution in [0.1, 0.15) is 72.9 Å². The van der Waals surface area contributed by atoms with Gasteiger partial charge in [-0.15, -0.1) is 0 Å². The Kier molecular flexibility index (Phi) is 10.6. The van der Waals surface area contributed by atoms with Gasteiger partial charge >= 0.3 is 0 Å². The lowest BCUT2D eigenvalue weighted by Crippen LogP contribution is -2.46. The fraction of sp³-hybridized carbons (Fsp3) is 0.467. The average Bonchev–Trinajstić information content (AvgIpc) is 2.92. The molecule has 0 bridgehead atoms. The van der Waals surface area contributed by atoms with Gasteiger partial charge in [-0.3, -0.25) is 24.3 Å². The standard InChI is InChI=1S/C30H40N4O3/c1-5-8-19-33(20-9-6-2)27-28(30(37)25-16-11-10-15-24(25)29(27)36)34(7-3)26(35)22-32(4)21-17-23-14-12-13-18-31-23/h10-16,18H,5-9,17,19-22H2,1-4H3. The predicted molar refractivity (Wildman–Crippen MR) is 146 cm³/mol. The molecular formula is C30H40N4O3. The molecule has 7 nitrogen and oxygen atoms in total. The quantitative estimate of drug-likeness (QED) is 0.374. The molecule has 0 saturated heterocycles. The number of allylic oxidation sites excluding steroid dienone is 2. The Bertz CT molecular complexity index is 1100. The van der Waals surface area contributed by atoms with Gasteiger partial charge in [0.15, 0.2) is 0 Å². The van der Waals surface area contributed by atoms with E-state index in [1.165, 1.54) is 4.90 Å². The number of aromatic nitrogens is 1. The molecule has 1 aliphatic carbocycles. The van der Waals surface area contributed by atoms with Crippen molar-refractivity contribution in [2.24, 2.45) is 0 Å². The van der Waals surface area contributed by atoms with Gasteiger partial charge in [0.1, 0.15) is 11.4 Å². The first-order valence-electron chi connectivity index (χ1n) is 13.5. The number of hydrogen-bond donors (Lipinski definition) is 0. The SMILES string of the molecule is CCCCN(CCCC)C1=C(N(CC)C(=O)CN(C)CCc2ccccn2)C(=O)c2ccccc2C1=O. The number of carbonyl (C=O) groups is 3. The molecule has 0 saturated carbocycles. The number of pyridine rings is 1. The number of benzene rings is 1. The van der Waals surface area contributed by atoms with Crippen molar-refractivity contribution in [1.29, 1.82) is 0 Å². The van der Waals surface area contributed by atoms with E-state index in [4.69, 9.17) is 0 Å². The topological polar surface area (TPSA) is 73.8 Å². The van der Waals surface area contributed by atoms with E-state index in [9.17, 15) is 14.4 Å². The monoisotopic (exact) mass is 504 g/mol. The number of unbranched alkanes of at least 4 members (excludes halogenated alkanes) is 2. The smallest absolute Gasteiger partial charge is 0.241 e. The van der Waals surface area contributed by atoms with Gasteiger partial charge in [0, 0.05) is 55.6 Å². The van der Waals surface area contributed by atoms with Crippen LogP contribution >= 0.6 is 0 Å². The molecule has 37 heavy (non-hydrogen) atoms. The number of hydrogen-bond acceptors (Lipinski definition) is 6. The van der Waals surface area contributed by atoms with Crippen LogP contribution in [0.15, 0.2) is 60.1 Å². The lowest BCUT2D eigenvalue weighted by molar-refractivity contribution is -0.130. The Morgan fingerprint density at radius 2 is 1.41 bits per heavy atom. The van der Waals surface area contributed by atoms with Crippen molar-refractivity contribution >= 4 is 17.5 Å². The molecule has 0 aliphatic heterocycles. The van der Waals surface area contributed by atoms with Crippen molar-refractivity contribution in [3.8, 4) is 0 Å². The van der Waals surface area contributed by atoms with Crippen LogP contribution in [-0.4, -0.2) is 76.9 Å². The number of likely N-dealkylation sites (N-methyl/N-ethyl adjacent to an activating group) is 2. The van der Waals surface area contributed by atoms with Crippen LogP contribution in [0, 0.1) is 0 Å². The second-order valence-corrected chi connectivity index (χ2v) is 9.54. The summed E-state index contributed by atoms with van der Waals surface area (Å²) in [6, 6.07) is 12.8. The van der Waals surface area contributed by atoms with Crippen molar-refractivity contribution in [2.75, 3.05) is 39.8 Å². The summed E-state index contributed by atoms with van der Waals surface area (Å²) < 4.78 is 0. The summed E-state index contributed by atoms with van der Waals surface area (Å²) in [6.07, 6.45) is 6.24. The summed E-state index contributed by atoms with van der Waals surface area (Å²) in [5.41, 5.74) is 2.34. The third-order valence-electron chi connectivity index (χ3n) is 6.72. The third-order valence-corrected chi connectivity index (χ3v) is 6.72. The van der Waals surface area contributed by atoms with E-state index in [2.05, 4.69) is 18.8 Å². The van der Waals surface area contributed by atoms with Crippen LogP contribution < -0.4 is 0 Å². The van der Waals surface area contributed by atoms with Crippen LogP contribution in [0.3, 0.4) is 0 Å². The second kappa shape index (κ2) is 13.8. The van der Waals surface area contributed by atoms with Gasteiger partial charge in [-0.25, -0.2) is 0 Å². The van der Waals surface area contributed by atoms with Gasteiger partial charge in [0.05, 0.1) is 6.54 Å². The molecule has 3 rings (SSSR count). The first kappa shape index (κ1) is 28.3. The van der Waals surface area contributed by atoms with Crippen LogP contribution in [0.4, 0.5) is 0 Å². The largest absolute Gasteiger partial charge is 0.367 e. The minimum atomic E-state index is -0.255. The maximum atomic E-state index is 13.9. The Balaban J connectivity index is 1.94. The molecule has 7 heteroatoms. The van der Waals surface area contributed by atoms with E-state index in [0.29, 0.717) is 43.0 Å². The van der Waals surface area contributed by atoms with Crippen LogP contribution in [0.25, 0.3) is 0 Å². The molecule has 0 N–H and O–H groups in total. The van der Waals surface area contributed by atoms with Crippen molar-refractivity contribution in [3.05, 3.63) is 76.9 Å². The van der Waals surface area contributed by atoms with E-state index in [0.717, 1.165) is 37.8 Å². The molecule has 0 unspecified atom stereocenters. The highest BCUT2D eigenvalue weighted by atomic mass is 16.2. The van der Waals surface area contributed by atoms with E-state index in [-0.39, 0.29) is 29.7 Å². The highest BCUT2D eigenvalue weighted by molar-refractivity contribution is 6.27. The maximum Gasteiger partial charge on any atom is 0.241 e. The van der Waals surface area contributed by atoms with Crippen LogP contribution in [-0.2, 0) is 11.2 Å². The summed E-state index contributed by atoms with van der Waals surface area (Å²) in [5, 5.41) is 0. The van der Waals surface area contributed by atoms with Crippen molar-refractivity contribution in [3.63, 3.8) is 0 Å². The highest BCUT2D eigenvalue weighted by Crippen LogP contribution is 2.31. The molecule has 1 amide bonds. The van der Waals surface area contributed by atoms with Gasteiger partial charge in [0.25, 0.3) is 0 Å². The minimum Gasteiger partial charge on any atom is -0.367 e. The number of rotatable bonds is 14. The van der Waals surface area contributed by atoms with Gasteiger partial charge in [0.2, 0.25) is 17.5 Å². The molecule has 0 fully saturated rings. The Labute approximate surface area is 221 Å². The molecular weight excluding hydrogens is 464 g/mol. The normalized spacial score (nSPS) is 13.2. The number of carbonyl (C=O) groups excluding carboxylic acids is 3. The lowest BCUT2D eigenvalue weighted by Gasteiger charge is -2.35. The summed E-state index contributed by atoms with van der Waals surface area (Å²) in [4.78, 5) is 51.2. The average molecular weight is 505 g/mol. The van der Waals surface area contributed by atoms with E-state index in [1.807, 2.05) is 42.0 Å². The second-order valence-electron chi connectivity index (χ2n) is 9.54. The number of nitrogens with zero attached hydrogens (tertiary/aromatic N) is 4. The van der Waals surface area contributed by atoms with Gasteiger partial charge in [-0.1, -0.05) is 57.0 Å². The molecule has 1 aromatic carbocycles. The molecule has 198 valence electrons. The summed E-state index contributed by atoms with van der Waals surface area (Å²) in [6.45, 7) is 8.53. The Morgan fingerprint density at radius 3 is 1.95 bits per heavy atom. The zero-order valence-electron chi connectivity index (χ0n) is 22.7. The first-order valence-corrected chi connectivity index (χ1v) is 13.5. The Morgan fingerprint density at radius 1 is 0.811 bits per heavy atom. The first-order chi connectivity index (χ1) is 17.9. The summed E-state index contributed by atoms with van der Waals surface area (Å²) >= 11 is 0. The minimum absolute atomic E-state index is 0.143. The van der Waals surface area contributed by atoms with Crippen molar-refractivity contribution in [2.45, 2.75) is 52.9 Å². The zero-order valence-corrected chi connectivity index (χ0v) is 22.7.